The van der Waals surface area contributed by atoms with E-state index in [0.717, 1.165) is 67.7 Å². The van der Waals surface area contributed by atoms with E-state index >= 15 is 0 Å². The topological polar surface area (TPSA) is 126 Å². The summed E-state index contributed by atoms with van der Waals surface area (Å²) in [4.78, 5) is 49.9. The number of aromatic nitrogens is 2. The highest BCUT2D eigenvalue weighted by atomic mass is 16.6. The van der Waals surface area contributed by atoms with Crippen LogP contribution in [0.25, 0.3) is 11.0 Å². The van der Waals surface area contributed by atoms with Crippen molar-refractivity contribution in [3.05, 3.63) is 107 Å². The summed E-state index contributed by atoms with van der Waals surface area (Å²) >= 11 is 0. The highest BCUT2D eigenvalue weighted by molar-refractivity contribution is 6.00. The van der Waals surface area contributed by atoms with Gasteiger partial charge in [0.15, 0.2) is 17.3 Å². The molecule has 2 aliphatic rings. The summed E-state index contributed by atoms with van der Waals surface area (Å²) in [6.07, 6.45) is 5.30. The first-order valence-corrected chi connectivity index (χ1v) is 19.9. The zero-order chi connectivity index (χ0) is 39.9. The lowest BCUT2D eigenvalue weighted by molar-refractivity contribution is -0.132. The molecule has 5 aromatic rings. The number of nitrogens with zero attached hydrogens (tertiary/aromatic N) is 4. The number of esters is 1. The van der Waals surface area contributed by atoms with Crippen molar-refractivity contribution in [1.82, 2.24) is 19.4 Å². The van der Waals surface area contributed by atoms with Gasteiger partial charge in [0.1, 0.15) is 18.1 Å². The Hall–Kier alpha value is -5.46. The van der Waals surface area contributed by atoms with Crippen molar-refractivity contribution in [3.8, 4) is 17.2 Å². The van der Waals surface area contributed by atoms with Gasteiger partial charge in [-0.15, -0.1) is 0 Å². The number of rotatable bonds is 16. The number of hydrogen-bond donors (Lipinski definition) is 0. The van der Waals surface area contributed by atoms with Crippen LogP contribution in [0.4, 0.5) is 0 Å². The fourth-order valence-electron chi connectivity index (χ4n) is 8.57. The molecule has 0 radical (unpaired) electrons. The van der Waals surface area contributed by atoms with Crippen molar-refractivity contribution >= 4 is 28.7 Å². The molecule has 2 aliphatic heterocycles. The number of benzene rings is 3. The van der Waals surface area contributed by atoms with Crippen molar-refractivity contribution in [2.75, 3.05) is 53.6 Å². The van der Waals surface area contributed by atoms with Crippen LogP contribution in [0.15, 0.2) is 83.5 Å². The second-order valence-electron chi connectivity index (χ2n) is 15.0. The van der Waals surface area contributed by atoms with Gasteiger partial charge in [-0.05, 0) is 87.6 Å². The first-order chi connectivity index (χ1) is 27.7. The molecule has 1 unspecified atom stereocenters. The second kappa shape index (κ2) is 17.8. The van der Waals surface area contributed by atoms with Crippen LogP contribution in [0.3, 0.4) is 0 Å². The second-order valence-corrected chi connectivity index (χ2v) is 15.0. The largest absolute Gasteiger partial charge is 0.496 e. The van der Waals surface area contributed by atoms with E-state index in [1.54, 1.807) is 19.4 Å². The number of amides is 1. The lowest BCUT2D eigenvalue weighted by Gasteiger charge is -2.36. The van der Waals surface area contributed by atoms with Crippen LogP contribution in [0.2, 0.25) is 0 Å². The molecule has 0 N–H and O–H groups in total. The van der Waals surface area contributed by atoms with Crippen LogP contribution >= 0.6 is 0 Å². The van der Waals surface area contributed by atoms with Crippen LogP contribution in [-0.2, 0) is 34.5 Å². The quantitative estimate of drug-likeness (QED) is 0.0443. The number of methoxy groups -OCH3 is 2. The van der Waals surface area contributed by atoms with Crippen molar-refractivity contribution < 1.29 is 37.7 Å². The van der Waals surface area contributed by atoms with E-state index in [1.807, 2.05) is 58.9 Å². The predicted octanol–water partition coefficient (Wildman–Crippen LogP) is 7.12. The molecule has 2 saturated heterocycles. The normalized spacial score (nSPS) is 17.6. The van der Waals surface area contributed by atoms with Crippen molar-refractivity contribution in [2.45, 2.75) is 64.5 Å². The van der Waals surface area contributed by atoms with Crippen molar-refractivity contribution in [2.24, 2.45) is 5.92 Å². The Morgan fingerprint density at radius 3 is 2.39 bits per heavy atom. The van der Waals surface area contributed by atoms with Crippen molar-refractivity contribution in [1.29, 1.82) is 0 Å². The van der Waals surface area contributed by atoms with E-state index in [2.05, 4.69) is 29.2 Å². The predicted molar refractivity (Wildman–Crippen MR) is 215 cm³/mol. The summed E-state index contributed by atoms with van der Waals surface area (Å²) in [5.41, 5.74) is 3.60. The molecule has 3 aromatic carbocycles. The number of hydrogen-bond acceptors (Lipinski definition) is 10. The highest BCUT2D eigenvalue weighted by Crippen LogP contribution is 2.44. The van der Waals surface area contributed by atoms with Gasteiger partial charge in [-0.2, -0.15) is 0 Å². The summed E-state index contributed by atoms with van der Waals surface area (Å²) in [6, 6.07) is 23.7. The smallest absolute Gasteiger partial charge is 0.308 e. The van der Waals surface area contributed by atoms with Gasteiger partial charge in [-0.3, -0.25) is 14.4 Å². The number of likely N-dealkylation sites (tertiary alicyclic amines) is 2. The molecule has 2 aromatic heterocycles. The number of fused-ring (bicyclic) bond motifs is 1. The van der Waals surface area contributed by atoms with E-state index in [0.29, 0.717) is 56.6 Å². The average molecular weight is 777 g/mol. The first-order valence-electron chi connectivity index (χ1n) is 19.9. The molecule has 0 bridgehead atoms. The number of Topliss-reactive ketones (excluding diaryl/α,β-unsaturated/α-hetero) is 1. The van der Waals surface area contributed by atoms with E-state index in [-0.39, 0.29) is 34.3 Å². The fraction of sp³-hybridized carbons (Fsp3) is 0.422. The number of ether oxygens (including phenoxy) is 4. The highest BCUT2D eigenvalue weighted by Gasteiger charge is 2.43. The number of ketones is 1. The summed E-state index contributed by atoms with van der Waals surface area (Å²) in [5.74, 6) is 1.40. The van der Waals surface area contributed by atoms with Gasteiger partial charge in [0.05, 0.1) is 43.7 Å². The number of imidazole rings is 1. The van der Waals surface area contributed by atoms with E-state index < -0.39 is 5.97 Å². The molecular weight excluding hydrogens is 725 g/mol. The van der Waals surface area contributed by atoms with Crippen LogP contribution < -0.4 is 14.2 Å². The third-order valence-electron chi connectivity index (χ3n) is 11.6. The molecule has 4 heterocycles. The fourth-order valence-corrected chi connectivity index (χ4v) is 8.57. The molecule has 7 rings (SSSR count). The Labute approximate surface area is 333 Å². The first kappa shape index (κ1) is 39.8. The molecule has 1 atom stereocenters. The van der Waals surface area contributed by atoms with Gasteiger partial charge >= 0.3 is 5.97 Å². The van der Waals surface area contributed by atoms with Gasteiger partial charge in [0.25, 0.3) is 5.91 Å². The van der Waals surface area contributed by atoms with E-state index in [9.17, 15) is 14.4 Å². The number of piperidine rings is 1. The number of carbonyl (C=O) groups is 3. The van der Waals surface area contributed by atoms with Crippen LogP contribution in [-0.4, -0.2) is 90.6 Å². The van der Waals surface area contributed by atoms with Gasteiger partial charge in [0.2, 0.25) is 5.78 Å². The van der Waals surface area contributed by atoms with Crippen LogP contribution in [0, 0.1) is 5.92 Å². The Bertz CT molecular complexity index is 2170. The van der Waals surface area contributed by atoms with Gasteiger partial charge in [-0.25, -0.2) is 4.98 Å². The molecule has 2 fully saturated rings. The third kappa shape index (κ3) is 8.47. The Morgan fingerprint density at radius 1 is 0.912 bits per heavy atom. The molecule has 0 spiro atoms. The lowest BCUT2D eigenvalue weighted by Crippen LogP contribution is -2.41. The van der Waals surface area contributed by atoms with Crippen LogP contribution in [0.5, 0.6) is 17.2 Å². The standard InChI is InChI=1S/C45H52N4O8/c1-5-35-39(53-3)28-36(42(41(35)54-4)57-31(2)50)44(52)48-24-20-45(30-48,33-12-7-6-8-13-33)19-23-47-21-17-32(18-22-47)40(51)43-46-37-15-9-10-16-38(37)49(43)25-27-55-29-34-14-11-26-56-34/h6-16,26,28,32H,5,17-25,27,29-30H2,1-4H3. The van der Waals surface area contributed by atoms with Gasteiger partial charge < -0.3 is 37.7 Å². The SMILES string of the molecule is CCc1c(OC)cc(C(=O)N2CCC(CCN3CCC(C(=O)c4nc5ccccc5n4CCOCc4ccco4)CC3)(c3ccccc3)C2)c(OC(C)=O)c1OC. The number of carbonyl (C=O) groups excluding carboxylic acids is 3. The zero-order valence-electron chi connectivity index (χ0n) is 33.3. The maximum atomic E-state index is 14.4. The summed E-state index contributed by atoms with van der Waals surface area (Å²) in [5, 5.41) is 0. The van der Waals surface area contributed by atoms with Crippen LogP contribution in [0.1, 0.15) is 77.4 Å². The van der Waals surface area contributed by atoms with Crippen molar-refractivity contribution in [3.63, 3.8) is 0 Å². The van der Waals surface area contributed by atoms with Gasteiger partial charge in [0, 0.05) is 43.5 Å². The maximum Gasteiger partial charge on any atom is 0.308 e. The van der Waals surface area contributed by atoms with Gasteiger partial charge in [-0.1, -0.05) is 49.4 Å². The minimum absolute atomic E-state index is 0.0796. The minimum atomic E-state index is -0.537. The molecule has 300 valence electrons. The van der Waals surface area contributed by atoms with E-state index in [1.165, 1.54) is 19.6 Å². The molecule has 1 amide bonds. The number of furan rings is 1. The lowest BCUT2D eigenvalue weighted by atomic mass is 9.76. The molecule has 57 heavy (non-hydrogen) atoms. The summed E-state index contributed by atoms with van der Waals surface area (Å²) in [7, 11) is 3.06. The summed E-state index contributed by atoms with van der Waals surface area (Å²) in [6.45, 7) is 8.05. The maximum absolute atomic E-state index is 14.4. The summed E-state index contributed by atoms with van der Waals surface area (Å²) < 4.78 is 30.3. The average Bonchev–Trinajstić information content (AvgIpc) is 4.01. The molecule has 0 saturated carbocycles. The third-order valence-corrected chi connectivity index (χ3v) is 11.6. The molecule has 0 aliphatic carbocycles. The molecular formula is C45H52N4O8. The molecule has 12 nitrogen and oxygen atoms in total. The minimum Gasteiger partial charge on any atom is -0.496 e. The Morgan fingerprint density at radius 2 is 1.68 bits per heavy atom. The Balaban J connectivity index is 1.03. The number of para-hydroxylation sites is 2. The van der Waals surface area contributed by atoms with E-state index in [4.69, 9.17) is 28.3 Å². The Kier molecular flexibility index (Phi) is 12.4. The molecule has 12 heteroatoms. The zero-order valence-corrected chi connectivity index (χ0v) is 33.3. The monoisotopic (exact) mass is 776 g/mol.